The molecule has 1 aromatic rings. The maximum absolute atomic E-state index is 5.44. The lowest BCUT2D eigenvalue weighted by Crippen LogP contribution is -2.19. The molecule has 1 aliphatic rings. The topological polar surface area (TPSA) is 47.0 Å². The molecule has 0 amide bonds. The number of hydrogen-bond donors (Lipinski definition) is 1. The normalized spacial score (nSPS) is 21.5. The molecule has 4 heteroatoms. The van der Waals surface area contributed by atoms with E-state index < -0.39 is 0 Å². The van der Waals surface area contributed by atoms with Gasteiger partial charge in [-0.05, 0) is 26.0 Å². The third-order valence-corrected chi connectivity index (χ3v) is 2.62. The van der Waals surface area contributed by atoms with Crippen molar-refractivity contribution in [2.75, 3.05) is 20.3 Å². The smallest absolute Gasteiger partial charge is 0.133 e. The highest BCUT2D eigenvalue weighted by atomic mass is 16.5. The van der Waals surface area contributed by atoms with E-state index in [1.54, 1.807) is 0 Å². The SMILES string of the molecule is CNCc1ccnc(C2CCCOC2)n1. The van der Waals surface area contributed by atoms with Gasteiger partial charge in [0.1, 0.15) is 5.82 Å². The molecular weight excluding hydrogens is 190 g/mol. The number of ether oxygens (including phenoxy) is 1. The van der Waals surface area contributed by atoms with E-state index in [1.165, 1.54) is 0 Å². The quantitative estimate of drug-likeness (QED) is 0.806. The van der Waals surface area contributed by atoms with Gasteiger partial charge in [-0.2, -0.15) is 0 Å². The summed E-state index contributed by atoms with van der Waals surface area (Å²) >= 11 is 0. The van der Waals surface area contributed by atoms with E-state index in [4.69, 9.17) is 4.74 Å². The summed E-state index contributed by atoms with van der Waals surface area (Å²) in [5.41, 5.74) is 1.05. The van der Waals surface area contributed by atoms with E-state index >= 15 is 0 Å². The molecule has 0 aliphatic carbocycles. The monoisotopic (exact) mass is 207 g/mol. The highest BCUT2D eigenvalue weighted by Gasteiger charge is 2.18. The van der Waals surface area contributed by atoms with Crippen molar-refractivity contribution in [1.29, 1.82) is 0 Å². The van der Waals surface area contributed by atoms with E-state index in [0.29, 0.717) is 5.92 Å². The van der Waals surface area contributed by atoms with E-state index in [1.807, 2.05) is 19.3 Å². The number of aromatic nitrogens is 2. The Balaban J connectivity index is 2.09. The minimum atomic E-state index is 0.385. The third kappa shape index (κ3) is 2.73. The first-order chi connectivity index (χ1) is 7.40. The molecule has 1 N–H and O–H groups in total. The van der Waals surface area contributed by atoms with Crippen LogP contribution in [0, 0.1) is 0 Å². The number of nitrogens with one attached hydrogen (secondary N) is 1. The Morgan fingerprint density at radius 3 is 3.27 bits per heavy atom. The maximum atomic E-state index is 5.44. The van der Waals surface area contributed by atoms with Crippen LogP contribution in [0.2, 0.25) is 0 Å². The summed E-state index contributed by atoms with van der Waals surface area (Å²) in [5, 5.41) is 3.09. The first-order valence-corrected chi connectivity index (χ1v) is 5.44. The van der Waals surface area contributed by atoms with Gasteiger partial charge in [0.25, 0.3) is 0 Å². The maximum Gasteiger partial charge on any atom is 0.133 e. The van der Waals surface area contributed by atoms with Crippen LogP contribution >= 0.6 is 0 Å². The van der Waals surface area contributed by atoms with Crippen molar-refractivity contribution in [3.63, 3.8) is 0 Å². The Labute approximate surface area is 90.1 Å². The summed E-state index contributed by atoms with van der Waals surface area (Å²) in [6.07, 6.45) is 4.09. The van der Waals surface area contributed by atoms with Crippen LogP contribution in [-0.4, -0.2) is 30.2 Å². The second-order valence-electron chi connectivity index (χ2n) is 3.85. The van der Waals surface area contributed by atoms with Crippen molar-refractivity contribution in [2.24, 2.45) is 0 Å². The largest absolute Gasteiger partial charge is 0.381 e. The Kier molecular flexibility index (Phi) is 3.64. The van der Waals surface area contributed by atoms with Crippen LogP contribution in [0.5, 0.6) is 0 Å². The number of nitrogens with zero attached hydrogens (tertiary/aromatic N) is 2. The predicted octanol–water partition coefficient (Wildman–Crippen LogP) is 1.09. The van der Waals surface area contributed by atoms with E-state index in [9.17, 15) is 0 Å². The molecule has 1 unspecified atom stereocenters. The van der Waals surface area contributed by atoms with Gasteiger partial charge in [-0.25, -0.2) is 9.97 Å². The van der Waals surface area contributed by atoms with Crippen LogP contribution in [-0.2, 0) is 11.3 Å². The van der Waals surface area contributed by atoms with E-state index in [2.05, 4.69) is 15.3 Å². The molecule has 1 fully saturated rings. The second-order valence-corrected chi connectivity index (χ2v) is 3.85. The standard InChI is InChI=1S/C11H17N3O/c1-12-7-10-4-5-13-11(14-10)9-3-2-6-15-8-9/h4-5,9,12H,2-3,6-8H2,1H3. The summed E-state index contributed by atoms with van der Waals surface area (Å²) < 4.78 is 5.44. The molecule has 1 atom stereocenters. The molecule has 0 saturated carbocycles. The van der Waals surface area contributed by atoms with Gasteiger partial charge in [-0.1, -0.05) is 0 Å². The number of hydrogen-bond acceptors (Lipinski definition) is 4. The van der Waals surface area contributed by atoms with Crippen LogP contribution in [0.3, 0.4) is 0 Å². The van der Waals surface area contributed by atoms with Crippen LogP contribution in [0.4, 0.5) is 0 Å². The minimum Gasteiger partial charge on any atom is -0.381 e. The highest BCUT2D eigenvalue weighted by Crippen LogP contribution is 2.22. The average molecular weight is 207 g/mol. The van der Waals surface area contributed by atoms with Crippen molar-refractivity contribution < 1.29 is 4.74 Å². The summed E-state index contributed by atoms with van der Waals surface area (Å²) in [7, 11) is 1.92. The van der Waals surface area contributed by atoms with Gasteiger partial charge < -0.3 is 10.1 Å². The van der Waals surface area contributed by atoms with Crippen molar-refractivity contribution >= 4 is 0 Å². The summed E-state index contributed by atoms with van der Waals surface area (Å²) in [4.78, 5) is 8.86. The van der Waals surface area contributed by atoms with E-state index in [0.717, 1.165) is 44.1 Å². The van der Waals surface area contributed by atoms with Gasteiger partial charge in [0.2, 0.25) is 0 Å². The second kappa shape index (κ2) is 5.19. The fourth-order valence-corrected chi connectivity index (χ4v) is 1.83. The van der Waals surface area contributed by atoms with Gasteiger partial charge in [-0.15, -0.1) is 0 Å². The lowest BCUT2D eigenvalue weighted by atomic mass is 10.0. The molecule has 1 aromatic heterocycles. The van der Waals surface area contributed by atoms with Gasteiger partial charge >= 0.3 is 0 Å². The zero-order valence-corrected chi connectivity index (χ0v) is 9.07. The van der Waals surface area contributed by atoms with Gasteiger partial charge in [-0.3, -0.25) is 0 Å². The minimum absolute atomic E-state index is 0.385. The molecule has 1 aliphatic heterocycles. The molecule has 0 radical (unpaired) electrons. The highest BCUT2D eigenvalue weighted by molar-refractivity contribution is 5.06. The summed E-state index contributed by atoms with van der Waals surface area (Å²) in [5.74, 6) is 1.32. The molecule has 2 rings (SSSR count). The molecule has 15 heavy (non-hydrogen) atoms. The van der Waals surface area contributed by atoms with Gasteiger partial charge in [0.05, 0.1) is 12.3 Å². The molecule has 82 valence electrons. The summed E-state index contributed by atoms with van der Waals surface area (Å²) in [6.45, 7) is 2.44. The zero-order valence-electron chi connectivity index (χ0n) is 9.07. The predicted molar refractivity (Wildman–Crippen MR) is 57.6 cm³/mol. The lowest BCUT2D eigenvalue weighted by Gasteiger charge is -2.20. The Morgan fingerprint density at radius 1 is 1.60 bits per heavy atom. The average Bonchev–Trinajstić information content (AvgIpc) is 2.31. The molecule has 1 saturated heterocycles. The van der Waals surface area contributed by atoms with Crippen molar-refractivity contribution in [2.45, 2.75) is 25.3 Å². The Hall–Kier alpha value is -1.00. The van der Waals surface area contributed by atoms with E-state index in [-0.39, 0.29) is 0 Å². The van der Waals surface area contributed by atoms with Crippen LogP contribution in [0.15, 0.2) is 12.3 Å². The Bertz CT molecular complexity index is 310. The zero-order chi connectivity index (χ0) is 10.5. The first-order valence-electron chi connectivity index (χ1n) is 5.44. The molecule has 0 bridgehead atoms. The van der Waals surface area contributed by atoms with Gasteiger partial charge in [0, 0.05) is 25.3 Å². The fraction of sp³-hybridized carbons (Fsp3) is 0.636. The third-order valence-electron chi connectivity index (χ3n) is 2.62. The molecule has 4 nitrogen and oxygen atoms in total. The van der Waals surface area contributed by atoms with Crippen molar-refractivity contribution in [1.82, 2.24) is 15.3 Å². The van der Waals surface area contributed by atoms with Crippen LogP contribution in [0.1, 0.15) is 30.3 Å². The van der Waals surface area contributed by atoms with Crippen molar-refractivity contribution in [3.05, 3.63) is 23.8 Å². The summed E-state index contributed by atoms with van der Waals surface area (Å²) in [6, 6.07) is 1.95. The first kappa shape index (κ1) is 10.5. The lowest BCUT2D eigenvalue weighted by molar-refractivity contribution is 0.0780. The van der Waals surface area contributed by atoms with Crippen LogP contribution < -0.4 is 5.32 Å². The van der Waals surface area contributed by atoms with Crippen molar-refractivity contribution in [3.8, 4) is 0 Å². The molecule has 0 aromatic carbocycles. The fourth-order valence-electron chi connectivity index (χ4n) is 1.83. The molecule has 0 spiro atoms. The number of rotatable bonds is 3. The Morgan fingerprint density at radius 2 is 2.53 bits per heavy atom. The van der Waals surface area contributed by atoms with Crippen LogP contribution in [0.25, 0.3) is 0 Å². The molecule has 2 heterocycles. The van der Waals surface area contributed by atoms with Gasteiger partial charge in [0.15, 0.2) is 0 Å². The molecular formula is C11H17N3O.